The lowest BCUT2D eigenvalue weighted by Gasteiger charge is -2.20. The van der Waals surface area contributed by atoms with E-state index in [0.29, 0.717) is 24.0 Å². The van der Waals surface area contributed by atoms with Gasteiger partial charge in [-0.3, -0.25) is 4.79 Å². The highest BCUT2D eigenvalue weighted by Crippen LogP contribution is 2.26. The second kappa shape index (κ2) is 10.8. The van der Waals surface area contributed by atoms with E-state index in [4.69, 9.17) is 16.3 Å². The number of halogens is 1. The zero-order valence-corrected chi connectivity index (χ0v) is 17.8. The number of hydrogen-bond donors (Lipinski definition) is 2. The SMILES string of the molecule is CCCC(=O)COc1ccc2c(c1)CC(NC[C@H](O)c1cccc(Cl)c1)CCC2. The molecule has 0 amide bonds. The summed E-state index contributed by atoms with van der Waals surface area (Å²) in [4.78, 5) is 11.7. The number of aliphatic hydroxyl groups is 1. The van der Waals surface area contributed by atoms with Crippen LogP contribution in [0.4, 0.5) is 0 Å². The normalized spacial score (nSPS) is 17.3. The van der Waals surface area contributed by atoms with Crippen LogP contribution in [0.25, 0.3) is 0 Å². The lowest BCUT2D eigenvalue weighted by atomic mass is 10.0. The molecule has 0 aromatic heterocycles. The molecule has 29 heavy (non-hydrogen) atoms. The molecule has 2 aromatic carbocycles. The summed E-state index contributed by atoms with van der Waals surface area (Å²) >= 11 is 6.03. The zero-order chi connectivity index (χ0) is 20.6. The number of carbonyl (C=O) groups excluding carboxylic acids is 1. The van der Waals surface area contributed by atoms with Crippen molar-refractivity contribution in [2.24, 2.45) is 0 Å². The van der Waals surface area contributed by atoms with Gasteiger partial charge in [-0.25, -0.2) is 0 Å². The molecule has 5 heteroatoms. The lowest BCUT2D eigenvalue weighted by molar-refractivity contribution is -0.121. The van der Waals surface area contributed by atoms with E-state index in [1.165, 1.54) is 11.1 Å². The fraction of sp³-hybridized carbons (Fsp3) is 0.458. The van der Waals surface area contributed by atoms with Gasteiger partial charge in [-0.1, -0.05) is 36.7 Å². The van der Waals surface area contributed by atoms with E-state index < -0.39 is 6.10 Å². The lowest BCUT2D eigenvalue weighted by Crippen LogP contribution is -2.34. The molecule has 3 rings (SSSR count). The highest BCUT2D eigenvalue weighted by Gasteiger charge is 2.19. The predicted octanol–water partition coefficient (Wildman–Crippen LogP) is 4.66. The maximum atomic E-state index is 11.7. The van der Waals surface area contributed by atoms with Crippen molar-refractivity contribution in [3.8, 4) is 5.75 Å². The Morgan fingerprint density at radius 2 is 2.14 bits per heavy atom. The number of fused-ring (bicyclic) bond motifs is 1. The third-order valence-corrected chi connectivity index (χ3v) is 5.64. The Hall–Kier alpha value is -1.88. The molecule has 1 aliphatic rings. The first-order valence-corrected chi connectivity index (χ1v) is 10.9. The Morgan fingerprint density at radius 3 is 2.93 bits per heavy atom. The largest absolute Gasteiger partial charge is 0.486 e. The van der Waals surface area contributed by atoms with Gasteiger partial charge in [-0.15, -0.1) is 0 Å². The fourth-order valence-electron chi connectivity index (χ4n) is 3.83. The number of Topliss-reactive ketones (excluding diaryl/α,β-unsaturated/α-hetero) is 1. The standard InChI is InChI=1S/C24H30ClNO3/c1-2-5-22(27)16-29-23-11-10-17-6-4-9-21(13-19(17)14-23)26-15-24(28)18-7-3-8-20(25)12-18/h3,7-8,10-12,14,21,24,26,28H,2,4-6,9,13,15-16H2,1H3/t21?,24-/m0/s1. The molecule has 156 valence electrons. The molecule has 2 atom stereocenters. The summed E-state index contributed by atoms with van der Waals surface area (Å²) in [7, 11) is 0. The molecule has 0 fully saturated rings. The van der Waals surface area contributed by atoms with Crippen molar-refractivity contribution in [1.82, 2.24) is 5.32 Å². The summed E-state index contributed by atoms with van der Waals surface area (Å²) in [6.45, 7) is 2.62. The van der Waals surface area contributed by atoms with Gasteiger partial charge in [0.15, 0.2) is 5.78 Å². The number of aliphatic hydroxyl groups excluding tert-OH is 1. The molecule has 1 aliphatic carbocycles. The molecule has 2 aromatic rings. The van der Waals surface area contributed by atoms with Gasteiger partial charge in [0.1, 0.15) is 12.4 Å². The molecule has 0 radical (unpaired) electrons. The highest BCUT2D eigenvalue weighted by molar-refractivity contribution is 6.30. The molecule has 0 heterocycles. The van der Waals surface area contributed by atoms with Crippen LogP contribution in [0.15, 0.2) is 42.5 Å². The van der Waals surface area contributed by atoms with Crippen molar-refractivity contribution in [3.63, 3.8) is 0 Å². The Bertz CT molecular complexity index is 824. The number of rotatable bonds is 9. The molecule has 0 saturated heterocycles. The van der Waals surface area contributed by atoms with Crippen LogP contribution in [-0.4, -0.2) is 30.1 Å². The average Bonchev–Trinajstić information content (AvgIpc) is 2.92. The fourth-order valence-corrected chi connectivity index (χ4v) is 4.03. The third-order valence-electron chi connectivity index (χ3n) is 5.40. The van der Waals surface area contributed by atoms with Crippen LogP contribution in [-0.2, 0) is 17.6 Å². The Balaban J connectivity index is 1.58. The van der Waals surface area contributed by atoms with E-state index in [2.05, 4.69) is 17.4 Å². The van der Waals surface area contributed by atoms with Crippen LogP contribution in [0.5, 0.6) is 5.75 Å². The van der Waals surface area contributed by atoms with Crippen molar-refractivity contribution in [2.45, 2.75) is 57.6 Å². The van der Waals surface area contributed by atoms with Crippen LogP contribution in [0.3, 0.4) is 0 Å². The van der Waals surface area contributed by atoms with Gasteiger partial charge in [0.05, 0.1) is 6.10 Å². The number of benzene rings is 2. The Labute approximate surface area is 178 Å². The number of ether oxygens (including phenoxy) is 1. The van der Waals surface area contributed by atoms with Gasteiger partial charge in [0, 0.05) is 24.0 Å². The van der Waals surface area contributed by atoms with Gasteiger partial charge >= 0.3 is 0 Å². The molecule has 0 bridgehead atoms. The maximum absolute atomic E-state index is 11.7. The minimum atomic E-state index is -0.587. The van der Waals surface area contributed by atoms with Crippen molar-refractivity contribution < 1.29 is 14.6 Å². The van der Waals surface area contributed by atoms with Gasteiger partial charge < -0.3 is 15.2 Å². The maximum Gasteiger partial charge on any atom is 0.170 e. The van der Waals surface area contributed by atoms with Crippen LogP contribution in [0.1, 0.15) is 55.4 Å². The van der Waals surface area contributed by atoms with Crippen LogP contribution < -0.4 is 10.1 Å². The number of nitrogens with one attached hydrogen (secondary N) is 1. The van der Waals surface area contributed by atoms with Gasteiger partial charge in [0.2, 0.25) is 0 Å². The van der Waals surface area contributed by atoms with Gasteiger partial charge in [0.25, 0.3) is 0 Å². The first-order valence-electron chi connectivity index (χ1n) is 10.5. The highest BCUT2D eigenvalue weighted by atomic mass is 35.5. The average molecular weight is 416 g/mol. The van der Waals surface area contributed by atoms with E-state index in [1.807, 2.05) is 31.2 Å². The summed E-state index contributed by atoms with van der Waals surface area (Å²) in [5.74, 6) is 0.893. The Kier molecular flexibility index (Phi) is 8.10. The molecule has 2 N–H and O–H groups in total. The number of ketones is 1. The molecule has 0 saturated carbocycles. The van der Waals surface area contributed by atoms with Crippen LogP contribution >= 0.6 is 11.6 Å². The van der Waals surface area contributed by atoms with Gasteiger partial charge in [-0.05, 0) is 73.1 Å². The summed E-state index contributed by atoms with van der Waals surface area (Å²) in [5.41, 5.74) is 3.43. The first kappa shape index (κ1) is 21.8. The van der Waals surface area contributed by atoms with E-state index in [9.17, 15) is 9.90 Å². The molecule has 0 spiro atoms. The quantitative estimate of drug-likeness (QED) is 0.585. The Morgan fingerprint density at radius 1 is 1.28 bits per heavy atom. The predicted molar refractivity (Wildman–Crippen MR) is 117 cm³/mol. The first-order chi connectivity index (χ1) is 14.0. The van der Waals surface area contributed by atoms with Crippen molar-refractivity contribution in [2.75, 3.05) is 13.2 Å². The molecular formula is C24H30ClNO3. The number of hydrogen-bond acceptors (Lipinski definition) is 4. The van der Waals surface area contributed by atoms with Crippen molar-refractivity contribution in [1.29, 1.82) is 0 Å². The number of aryl methyl sites for hydroxylation is 1. The van der Waals surface area contributed by atoms with E-state index >= 15 is 0 Å². The van der Waals surface area contributed by atoms with Gasteiger partial charge in [-0.2, -0.15) is 0 Å². The third kappa shape index (κ3) is 6.56. The van der Waals surface area contributed by atoms with Crippen LogP contribution in [0, 0.1) is 0 Å². The summed E-state index contributed by atoms with van der Waals surface area (Å²) in [5, 5.41) is 14.6. The van der Waals surface area contributed by atoms with E-state index in [0.717, 1.165) is 43.4 Å². The second-order valence-corrected chi connectivity index (χ2v) is 8.22. The molecule has 0 aliphatic heterocycles. The smallest absolute Gasteiger partial charge is 0.170 e. The van der Waals surface area contributed by atoms with Crippen molar-refractivity contribution >= 4 is 17.4 Å². The summed E-state index contributed by atoms with van der Waals surface area (Å²) < 4.78 is 5.71. The minimum absolute atomic E-state index is 0.136. The number of carbonyl (C=O) groups is 1. The van der Waals surface area contributed by atoms with E-state index in [1.54, 1.807) is 6.07 Å². The van der Waals surface area contributed by atoms with Crippen molar-refractivity contribution in [3.05, 3.63) is 64.2 Å². The van der Waals surface area contributed by atoms with E-state index in [-0.39, 0.29) is 12.4 Å². The monoisotopic (exact) mass is 415 g/mol. The topological polar surface area (TPSA) is 58.6 Å². The molecule has 4 nitrogen and oxygen atoms in total. The molecule has 1 unspecified atom stereocenters. The van der Waals surface area contributed by atoms with Crippen LogP contribution in [0.2, 0.25) is 5.02 Å². The zero-order valence-electron chi connectivity index (χ0n) is 17.0. The summed E-state index contributed by atoms with van der Waals surface area (Å²) in [6.07, 6.45) is 4.91. The molecular weight excluding hydrogens is 386 g/mol. The minimum Gasteiger partial charge on any atom is -0.486 e. The second-order valence-electron chi connectivity index (χ2n) is 7.78. The summed E-state index contributed by atoms with van der Waals surface area (Å²) in [6, 6.07) is 13.8.